The molecule has 1 aliphatic heterocycles. The van der Waals surface area contributed by atoms with Crippen molar-refractivity contribution in [3.05, 3.63) is 118 Å². The zero-order chi connectivity index (χ0) is 32.7. The molecule has 0 aliphatic carbocycles. The quantitative estimate of drug-likeness (QED) is 0.113. The molecule has 4 aromatic rings. The summed E-state index contributed by atoms with van der Waals surface area (Å²) >= 11 is 0. The molecular weight excluding hydrogens is 584 g/mol. The Kier molecular flexibility index (Phi) is 10.2. The summed E-state index contributed by atoms with van der Waals surface area (Å²) in [6, 6.07) is 25.3. The van der Waals surface area contributed by atoms with Crippen LogP contribution in [0, 0.1) is 11.8 Å². The number of methoxy groups -OCH3 is 2. The molecule has 1 saturated heterocycles. The first-order valence-corrected chi connectivity index (χ1v) is 14.9. The van der Waals surface area contributed by atoms with Gasteiger partial charge in [-0.1, -0.05) is 60.5 Å². The number of rotatable bonds is 11. The second kappa shape index (κ2) is 14.4. The third-order valence-corrected chi connectivity index (χ3v) is 7.75. The Bertz CT molecular complexity index is 1710. The number of hydrogen-bond acceptors (Lipinski definition) is 8. The van der Waals surface area contributed by atoms with Gasteiger partial charge in [0.1, 0.15) is 29.4 Å². The average molecular weight is 623 g/mol. The van der Waals surface area contributed by atoms with Crippen LogP contribution in [0.5, 0.6) is 11.5 Å². The molecule has 10 heteroatoms. The molecule has 3 atom stereocenters. The molecule has 1 N–H and O–H groups in total. The second-order valence-corrected chi connectivity index (χ2v) is 11.0. The average Bonchev–Trinajstić information content (AvgIpc) is 3.45. The number of benzene rings is 3. The van der Waals surface area contributed by atoms with Gasteiger partial charge in [-0.3, -0.25) is 4.57 Å². The van der Waals surface area contributed by atoms with Crippen LogP contribution >= 0.6 is 0 Å². The molecule has 238 valence electrons. The van der Waals surface area contributed by atoms with Crippen LogP contribution in [0.25, 0.3) is 0 Å². The normalized spacial score (nSPS) is 17.8. The minimum absolute atomic E-state index is 0.0135. The minimum atomic E-state index is -1.09. The smallest absolute Gasteiger partial charge is 0.351 e. The summed E-state index contributed by atoms with van der Waals surface area (Å²) in [4.78, 5) is 23.3. The highest BCUT2D eigenvalue weighted by molar-refractivity contribution is 5.62. The molecule has 1 aromatic heterocycles. The summed E-state index contributed by atoms with van der Waals surface area (Å²) in [6.45, 7) is 1.71. The maximum atomic E-state index is 13.1. The Labute approximate surface area is 268 Å². The molecular formula is C36H38N4O6. The molecule has 3 aromatic carbocycles. The lowest BCUT2D eigenvalue weighted by Gasteiger charge is -2.37. The van der Waals surface area contributed by atoms with Crippen LogP contribution in [0.2, 0.25) is 0 Å². The number of aliphatic hydroxyl groups is 1. The van der Waals surface area contributed by atoms with Crippen molar-refractivity contribution in [3.8, 4) is 23.3 Å². The van der Waals surface area contributed by atoms with Crippen molar-refractivity contribution in [2.75, 3.05) is 34.9 Å². The van der Waals surface area contributed by atoms with Crippen LogP contribution < -0.4 is 15.2 Å². The summed E-state index contributed by atoms with van der Waals surface area (Å²) in [6.07, 6.45) is 0.866. The Morgan fingerprint density at radius 1 is 1.00 bits per heavy atom. The first-order chi connectivity index (χ1) is 22.3. The van der Waals surface area contributed by atoms with Crippen molar-refractivity contribution in [2.24, 2.45) is 4.99 Å². The maximum absolute atomic E-state index is 13.1. The lowest BCUT2D eigenvalue weighted by molar-refractivity contribution is -0.0944. The van der Waals surface area contributed by atoms with Crippen LogP contribution in [0.3, 0.4) is 0 Å². The first kappa shape index (κ1) is 32.4. The van der Waals surface area contributed by atoms with E-state index in [9.17, 15) is 9.90 Å². The largest absolute Gasteiger partial charge is 0.497 e. The lowest BCUT2D eigenvalue weighted by Crippen LogP contribution is -2.38. The SMILES string of the molecule is CC#Cc1cn([C@H]2C[C@H](O)[C@@H](COC(c3ccccc3)(c3ccc(OC)cc3)c3ccc(OC)cc3)O2)c(=O)nc1N=CN(C)C. The fourth-order valence-electron chi connectivity index (χ4n) is 5.48. The number of nitrogens with zero attached hydrogens (tertiary/aromatic N) is 4. The van der Waals surface area contributed by atoms with Crippen molar-refractivity contribution in [1.82, 2.24) is 14.5 Å². The number of hydrogen-bond donors (Lipinski definition) is 1. The van der Waals surface area contributed by atoms with Crippen LogP contribution in [0.1, 0.15) is 41.8 Å². The van der Waals surface area contributed by atoms with Gasteiger partial charge in [0, 0.05) is 26.7 Å². The molecule has 0 bridgehead atoms. The Morgan fingerprint density at radius 3 is 2.13 bits per heavy atom. The summed E-state index contributed by atoms with van der Waals surface area (Å²) in [7, 11) is 6.89. The van der Waals surface area contributed by atoms with E-state index in [4.69, 9.17) is 18.9 Å². The monoisotopic (exact) mass is 622 g/mol. The topological polar surface area (TPSA) is 108 Å². The zero-order valence-corrected chi connectivity index (χ0v) is 26.6. The van der Waals surface area contributed by atoms with Crippen molar-refractivity contribution >= 4 is 12.2 Å². The standard InChI is InChI=1S/C36H38N4O6/c1-6-10-25-22-40(35(42)38-34(25)37-24-39(2)3)33-21-31(41)32(46-33)23-45-36(26-11-8-7-9-12-26,27-13-17-29(43-4)18-14-27)28-15-19-30(44-5)20-16-28/h7-9,11-20,22,24,31-33,41H,21,23H2,1-5H3/t31-,32+,33+/m0/s1. The van der Waals surface area contributed by atoms with Gasteiger partial charge in [-0.15, -0.1) is 5.92 Å². The highest BCUT2D eigenvalue weighted by Crippen LogP contribution is 2.42. The van der Waals surface area contributed by atoms with Crippen LogP contribution in [-0.4, -0.2) is 73.0 Å². The summed E-state index contributed by atoms with van der Waals surface area (Å²) in [5.74, 6) is 7.45. The van der Waals surface area contributed by atoms with Gasteiger partial charge >= 0.3 is 5.69 Å². The highest BCUT2D eigenvalue weighted by Gasteiger charge is 2.42. The van der Waals surface area contributed by atoms with Crippen molar-refractivity contribution in [2.45, 2.75) is 37.4 Å². The van der Waals surface area contributed by atoms with Crippen LogP contribution in [0.4, 0.5) is 5.82 Å². The van der Waals surface area contributed by atoms with E-state index >= 15 is 0 Å². The van der Waals surface area contributed by atoms with Gasteiger partial charge in [-0.05, 0) is 47.9 Å². The van der Waals surface area contributed by atoms with E-state index < -0.39 is 29.7 Å². The van der Waals surface area contributed by atoms with Crippen LogP contribution in [0.15, 0.2) is 94.8 Å². The van der Waals surface area contributed by atoms with Crippen molar-refractivity contribution in [1.29, 1.82) is 0 Å². The van der Waals surface area contributed by atoms with Gasteiger partial charge in [0.2, 0.25) is 0 Å². The Balaban J connectivity index is 1.50. The molecule has 1 aliphatic rings. The maximum Gasteiger partial charge on any atom is 0.351 e. The van der Waals surface area contributed by atoms with E-state index in [0.717, 1.165) is 16.7 Å². The number of aliphatic imine (C=N–C) groups is 1. The van der Waals surface area contributed by atoms with Gasteiger partial charge < -0.3 is 29.0 Å². The summed E-state index contributed by atoms with van der Waals surface area (Å²) in [5.41, 5.74) is 1.42. The van der Waals surface area contributed by atoms with Crippen molar-refractivity contribution < 1.29 is 24.1 Å². The molecule has 46 heavy (non-hydrogen) atoms. The molecule has 10 nitrogen and oxygen atoms in total. The first-order valence-electron chi connectivity index (χ1n) is 14.9. The predicted octanol–water partition coefficient (Wildman–Crippen LogP) is 4.51. The van der Waals surface area contributed by atoms with E-state index in [1.54, 1.807) is 38.6 Å². The molecule has 2 heterocycles. The minimum Gasteiger partial charge on any atom is -0.497 e. The van der Waals surface area contributed by atoms with E-state index in [1.165, 1.54) is 4.57 Å². The van der Waals surface area contributed by atoms with Gasteiger partial charge in [0.25, 0.3) is 0 Å². The van der Waals surface area contributed by atoms with Gasteiger partial charge in [0.15, 0.2) is 5.82 Å². The predicted molar refractivity (Wildman–Crippen MR) is 176 cm³/mol. The highest BCUT2D eigenvalue weighted by atomic mass is 16.6. The van der Waals surface area contributed by atoms with Crippen LogP contribution in [-0.2, 0) is 15.1 Å². The summed E-state index contributed by atoms with van der Waals surface area (Å²) in [5, 5.41) is 11.2. The molecule has 0 radical (unpaired) electrons. The lowest BCUT2D eigenvalue weighted by atomic mass is 9.80. The molecule has 0 unspecified atom stereocenters. The zero-order valence-electron chi connectivity index (χ0n) is 26.6. The molecule has 0 spiro atoms. The third kappa shape index (κ3) is 6.82. The molecule has 0 saturated carbocycles. The van der Waals surface area contributed by atoms with Gasteiger partial charge in [-0.25, -0.2) is 9.79 Å². The fraction of sp³-hybridized carbons (Fsp3) is 0.306. The molecule has 5 rings (SSSR count). The number of aromatic nitrogens is 2. The number of aliphatic hydroxyl groups excluding tert-OH is 1. The third-order valence-electron chi connectivity index (χ3n) is 7.75. The van der Waals surface area contributed by atoms with E-state index in [1.807, 2.05) is 93.0 Å². The van der Waals surface area contributed by atoms with E-state index in [0.29, 0.717) is 17.1 Å². The Hall–Kier alpha value is -4.95. The van der Waals surface area contributed by atoms with E-state index in [-0.39, 0.29) is 18.8 Å². The van der Waals surface area contributed by atoms with E-state index in [2.05, 4.69) is 21.8 Å². The summed E-state index contributed by atoms with van der Waals surface area (Å²) < 4.78 is 25.5. The van der Waals surface area contributed by atoms with Crippen molar-refractivity contribution in [3.63, 3.8) is 0 Å². The van der Waals surface area contributed by atoms with Gasteiger partial charge in [-0.2, -0.15) is 4.98 Å². The fourth-order valence-corrected chi connectivity index (χ4v) is 5.48. The Morgan fingerprint density at radius 2 is 1.59 bits per heavy atom. The molecule has 0 amide bonds. The second-order valence-electron chi connectivity index (χ2n) is 11.0. The number of ether oxygens (including phenoxy) is 4. The molecule has 1 fully saturated rings. The van der Waals surface area contributed by atoms with Gasteiger partial charge in [0.05, 0.1) is 38.8 Å².